The van der Waals surface area contributed by atoms with E-state index in [4.69, 9.17) is 4.74 Å². The molecule has 154 valence electrons. The summed E-state index contributed by atoms with van der Waals surface area (Å²) in [5.74, 6) is 1.09. The Kier molecular flexibility index (Phi) is 5.46. The SMILES string of the molecule is CCC1CCC2(CC1)NC(=O)N(C[C@H](O)COc1cccc3ccccc13)C2=O. The number of hydrogen-bond acceptors (Lipinski definition) is 4. The van der Waals surface area contributed by atoms with Gasteiger partial charge >= 0.3 is 6.03 Å². The standard InChI is InChI=1S/C23H28N2O4/c1-2-16-10-12-23(13-11-16)21(27)25(22(28)24-23)14-18(26)15-29-20-9-5-7-17-6-3-4-8-19(17)20/h3-9,16,18,26H,2,10-15H2,1H3,(H,24,28)/t16?,18-,23?/m0/s1. The van der Waals surface area contributed by atoms with Gasteiger partial charge in [-0.15, -0.1) is 0 Å². The molecule has 2 aromatic carbocycles. The number of imide groups is 1. The average Bonchev–Trinajstić information content (AvgIpc) is 2.97. The normalized spacial score (nSPS) is 25.4. The first kappa shape index (κ1) is 19.7. The van der Waals surface area contributed by atoms with Gasteiger partial charge in [0.2, 0.25) is 0 Å². The molecule has 3 amide bonds. The number of β-amino-alcohol motifs (C(OH)–C–C–N with tert-alkyl or cyclic N) is 1. The Morgan fingerprint density at radius 2 is 1.90 bits per heavy atom. The highest BCUT2D eigenvalue weighted by Crippen LogP contribution is 2.37. The first-order valence-electron chi connectivity index (χ1n) is 10.4. The second-order valence-electron chi connectivity index (χ2n) is 8.22. The van der Waals surface area contributed by atoms with Gasteiger partial charge in [0.05, 0.1) is 6.54 Å². The van der Waals surface area contributed by atoms with Crippen LogP contribution in [-0.4, -0.2) is 46.7 Å². The van der Waals surface area contributed by atoms with E-state index in [9.17, 15) is 14.7 Å². The van der Waals surface area contributed by atoms with Crippen molar-refractivity contribution < 1.29 is 19.4 Å². The minimum absolute atomic E-state index is 0.00990. The highest BCUT2D eigenvalue weighted by atomic mass is 16.5. The first-order valence-corrected chi connectivity index (χ1v) is 10.4. The van der Waals surface area contributed by atoms with Crippen LogP contribution in [0.15, 0.2) is 42.5 Å². The van der Waals surface area contributed by atoms with Crippen LogP contribution in [0.25, 0.3) is 10.8 Å². The summed E-state index contributed by atoms with van der Waals surface area (Å²) in [6.45, 7) is 2.11. The zero-order valence-corrected chi connectivity index (χ0v) is 16.8. The van der Waals surface area contributed by atoms with E-state index >= 15 is 0 Å². The van der Waals surface area contributed by atoms with E-state index in [2.05, 4.69) is 12.2 Å². The van der Waals surface area contributed by atoms with Gasteiger partial charge in [0, 0.05) is 5.39 Å². The van der Waals surface area contributed by atoms with Gasteiger partial charge in [0.15, 0.2) is 0 Å². The fraction of sp³-hybridized carbons (Fsp3) is 0.478. The molecule has 1 aliphatic carbocycles. The molecule has 1 saturated carbocycles. The number of ether oxygens (including phenoxy) is 1. The number of rotatable bonds is 6. The van der Waals surface area contributed by atoms with Crippen LogP contribution in [0.4, 0.5) is 4.79 Å². The molecule has 4 rings (SSSR count). The number of hydrogen-bond donors (Lipinski definition) is 2. The van der Waals surface area contributed by atoms with Crippen molar-refractivity contribution in [3.05, 3.63) is 42.5 Å². The Bertz CT molecular complexity index is 899. The molecule has 2 N–H and O–H groups in total. The van der Waals surface area contributed by atoms with E-state index in [0.29, 0.717) is 24.5 Å². The third-order valence-electron chi connectivity index (χ3n) is 6.36. The lowest BCUT2D eigenvalue weighted by atomic mass is 9.75. The van der Waals surface area contributed by atoms with Crippen LogP contribution < -0.4 is 10.1 Å². The minimum atomic E-state index is -0.953. The van der Waals surface area contributed by atoms with Crippen LogP contribution in [-0.2, 0) is 4.79 Å². The lowest BCUT2D eigenvalue weighted by Crippen LogP contribution is -2.50. The maximum Gasteiger partial charge on any atom is 0.325 e. The van der Waals surface area contributed by atoms with Crippen LogP contribution in [0.3, 0.4) is 0 Å². The van der Waals surface area contributed by atoms with Gasteiger partial charge in [-0.1, -0.05) is 49.7 Å². The van der Waals surface area contributed by atoms with Crippen LogP contribution in [0.1, 0.15) is 39.0 Å². The average molecular weight is 396 g/mol. The van der Waals surface area contributed by atoms with Gasteiger partial charge in [0.1, 0.15) is 24.0 Å². The number of benzene rings is 2. The predicted molar refractivity (Wildman–Crippen MR) is 111 cm³/mol. The van der Waals surface area contributed by atoms with E-state index in [-0.39, 0.29) is 19.1 Å². The number of urea groups is 1. The topological polar surface area (TPSA) is 78.9 Å². The van der Waals surface area contributed by atoms with Crippen molar-refractivity contribution in [1.29, 1.82) is 0 Å². The summed E-state index contributed by atoms with van der Waals surface area (Å²) in [5, 5.41) is 15.4. The lowest BCUT2D eigenvalue weighted by Gasteiger charge is -2.34. The number of aliphatic hydroxyl groups is 1. The monoisotopic (exact) mass is 396 g/mol. The van der Waals surface area contributed by atoms with Crippen molar-refractivity contribution in [2.24, 2.45) is 5.92 Å². The molecule has 1 spiro atoms. The van der Waals surface area contributed by atoms with Gasteiger partial charge in [0.25, 0.3) is 5.91 Å². The maximum absolute atomic E-state index is 13.0. The van der Waals surface area contributed by atoms with Crippen molar-refractivity contribution in [1.82, 2.24) is 10.2 Å². The fourth-order valence-electron chi connectivity index (χ4n) is 4.53. The molecule has 1 saturated heterocycles. The largest absolute Gasteiger partial charge is 0.490 e. The lowest BCUT2D eigenvalue weighted by molar-refractivity contribution is -0.133. The number of fused-ring (bicyclic) bond motifs is 1. The summed E-state index contributed by atoms with van der Waals surface area (Å²) in [6, 6.07) is 13.2. The molecule has 2 fully saturated rings. The second kappa shape index (κ2) is 8.03. The molecule has 0 aromatic heterocycles. The number of nitrogens with zero attached hydrogens (tertiary/aromatic N) is 1. The van der Waals surface area contributed by atoms with Crippen molar-refractivity contribution in [2.75, 3.05) is 13.2 Å². The molecular formula is C23H28N2O4. The minimum Gasteiger partial charge on any atom is -0.490 e. The zero-order chi connectivity index (χ0) is 20.4. The Labute approximate surface area is 170 Å². The third kappa shape index (κ3) is 3.81. The highest BCUT2D eigenvalue weighted by Gasteiger charge is 2.52. The van der Waals surface area contributed by atoms with Crippen LogP contribution in [0.2, 0.25) is 0 Å². The van der Waals surface area contributed by atoms with Crippen LogP contribution in [0, 0.1) is 5.92 Å². The number of carbonyl (C=O) groups excluding carboxylic acids is 2. The Balaban J connectivity index is 1.37. The molecule has 6 nitrogen and oxygen atoms in total. The van der Waals surface area contributed by atoms with E-state index < -0.39 is 17.7 Å². The van der Waals surface area contributed by atoms with Gasteiger partial charge in [-0.25, -0.2) is 4.79 Å². The Morgan fingerprint density at radius 1 is 1.17 bits per heavy atom. The summed E-state index contributed by atoms with van der Waals surface area (Å²) in [4.78, 5) is 26.6. The Hall–Kier alpha value is -2.60. The molecule has 0 unspecified atom stereocenters. The van der Waals surface area contributed by atoms with E-state index in [0.717, 1.165) is 34.9 Å². The maximum atomic E-state index is 13.0. The molecule has 1 aliphatic heterocycles. The third-order valence-corrected chi connectivity index (χ3v) is 6.36. The molecule has 2 aliphatic rings. The molecule has 1 heterocycles. The summed E-state index contributed by atoms with van der Waals surface area (Å²) in [7, 11) is 0. The smallest absolute Gasteiger partial charge is 0.325 e. The number of aliphatic hydroxyl groups excluding tert-OH is 1. The zero-order valence-electron chi connectivity index (χ0n) is 16.8. The summed E-state index contributed by atoms with van der Waals surface area (Å²) in [6.07, 6.45) is 3.40. The predicted octanol–water partition coefficient (Wildman–Crippen LogP) is 3.47. The summed E-state index contributed by atoms with van der Waals surface area (Å²) < 4.78 is 5.81. The fourth-order valence-corrected chi connectivity index (χ4v) is 4.53. The highest BCUT2D eigenvalue weighted by molar-refractivity contribution is 6.07. The molecule has 2 aromatic rings. The van der Waals surface area contributed by atoms with Crippen molar-refractivity contribution in [2.45, 2.75) is 50.7 Å². The Morgan fingerprint density at radius 3 is 2.66 bits per heavy atom. The molecule has 29 heavy (non-hydrogen) atoms. The van der Waals surface area contributed by atoms with Crippen LogP contribution in [0.5, 0.6) is 5.75 Å². The molecule has 6 heteroatoms. The number of amides is 3. The van der Waals surface area contributed by atoms with Gasteiger partial charge in [-0.2, -0.15) is 0 Å². The van der Waals surface area contributed by atoms with Gasteiger partial charge < -0.3 is 15.2 Å². The van der Waals surface area contributed by atoms with Crippen LogP contribution >= 0.6 is 0 Å². The van der Waals surface area contributed by atoms with E-state index in [1.807, 2.05) is 42.5 Å². The van der Waals surface area contributed by atoms with E-state index in [1.54, 1.807) is 0 Å². The van der Waals surface area contributed by atoms with Crippen molar-refractivity contribution in [3.8, 4) is 5.75 Å². The summed E-state index contributed by atoms with van der Waals surface area (Å²) >= 11 is 0. The number of nitrogens with one attached hydrogen (secondary N) is 1. The quantitative estimate of drug-likeness (QED) is 0.733. The summed E-state index contributed by atoms with van der Waals surface area (Å²) in [5.41, 5.74) is -0.779. The van der Waals surface area contributed by atoms with Crippen molar-refractivity contribution >= 4 is 22.7 Å². The number of carbonyl (C=O) groups is 2. The molecule has 1 atom stereocenters. The first-order chi connectivity index (χ1) is 14.0. The van der Waals surface area contributed by atoms with Gasteiger partial charge in [-0.3, -0.25) is 9.69 Å². The van der Waals surface area contributed by atoms with Crippen molar-refractivity contribution in [3.63, 3.8) is 0 Å². The molecule has 0 radical (unpaired) electrons. The second-order valence-corrected chi connectivity index (χ2v) is 8.22. The van der Waals surface area contributed by atoms with Gasteiger partial charge in [-0.05, 0) is 43.1 Å². The van der Waals surface area contributed by atoms with E-state index in [1.165, 1.54) is 0 Å². The molecular weight excluding hydrogens is 368 g/mol. The molecule has 0 bridgehead atoms.